The fourth-order valence-corrected chi connectivity index (χ4v) is 2.86. The Balaban J connectivity index is 1.44. The van der Waals surface area contributed by atoms with Crippen molar-refractivity contribution in [3.05, 3.63) is 89.3 Å². The number of halogens is 1. The zero-order valence-corrected chi connectivity index (χ0v) is 15.6. The van der Waals surface area contributed by atoms with Gasteiger partial charge in [-0.3, -0.25) is 4.79 Å². The molecule has 0 bridgehead atoms. The van der Waals surface area contributed by atoms with E-state index in [2.05, 4.69) is 5.32 Å². The first-order valence-corrected chi connectivity index (χ1v) is 9.17. The van der Waals surface area contributed by atoms with Crippen LogP contribution in [0.1, 0.15) is 17.4 Å². The molecule has 3 N–H and O–H groups in total. The number of nitrogens with two attached hydrogens (primary N) is 1. The second-order valence-corrected chi connectivity index (χ2v) is 6.43. The van der Waals surface area contributed by atoms with Gasteiger partial charge >= 0.3 is 0 Å². The van der Waals surface area contributed by atoms with Crippen molar-refractivity contribution < 1.29 is 19.3 Å². The molecule has 0 radical (unpaired) electrons. The molecule has 140 valence electrons. The molecule has 1 atom stereocenters. The van der Waals surface area contributed by atoms with Gasteiger partial charge in [0.2, 0.25) is 0 Å². The van der Waals surface area contributed by atoms with Gasteiger partial charge in [-0.15, -0.1) is 0 Å². The molecule has 3 rings (SSSR count). The Labute approximate surface area is 163 Å². The third kappa shape index (κ3) is 5.88. The molecule has 27 heavy (non-hydrogen) atoms. The number of hydrogen-bond donors (Lipinski definition) is 2. The maximum atomic E-state index is 12.2. The number of nitrogens with one attached hydrogen (secondary N) is 1. The number of amides is 1. The highest BCUT2D eigenvalue weighted by Crippen LogP contribution is 2.18. The minimum Gasteiger partial charge on any atom is -0.492 e. The summed E-state index contributed by atoms with van der Waals surface area (Å²) >= 11 is 5.83. The van der Waals surface area contributed by atoms with E-state index in [0.717, 1.165) is 17.1 Å². The van der Waals surface area contributed by atoms with Crippen LogP contribution in [0.25, 0.3) is 0 Å². The third-order valence-corrected chi connectivity index (χ3v) is 4.31. The summed E-state index contributed by atoms with van der Waals surface area (Å²) in [5.74, 6) is 1.49. The van der Waals surface area contributed by atoms with Crippen LogP contribution in [0.5, 0.6) is 5.75 Å². The third-order valence-electron chi connectivity index (χ3n) is 4.05. The molecule has 0 aliphatic rings. The van der Waals surface area contributed by atoms with Gasteiger partial charge in [-0.1, -0.05) is 41.9 Å². The van der Waals surface area contributed by atoms with Crippen LogP contribution in [0.15, 0.2) is 77.4 Å². The predicted molar refractivity (Wildman–Crippen MR) is 104 cm³/mol. The molecule has 1 aromatic heterocycles. The van der Waals surface area contributed by atoms with E-state index in [4.69, 9.17) is 20.8 Å². The summed E-state index contributed by atoms with van der Waals surface area (Å²) in [6.07, 6.45) is 1.65. The normalized spacial score (nSPS) is 11.7. The summed E-state index contributed by atoms with van der Waals surface area (Å²) < 4.78 is 11.1. The van der Waals surface area contributed by atoms with Gasteiger partial charge < -0.3 is 19.8 Å². The average molecular weight is 386 g/mol. The highest BCUT2D eigenvalue weighted by molar-refractivity contribution is 6.30. The lowest BCUT2D eigenvalue weighted by molar-refractivity contribution is -0.678. The van der Waals surface area contributed by atoms with Crippen molar-refractivity contribution in [1.82, 2.24) is 5.32 Å². The molecule has 0 unspecified atom stereocenters. The Morgan fingerprint density at radius 1 is 1.07 bits per heavy atom. The van der Waals surface area contributed by atoms with Crippen molar-refractivity contribution in [1.29, 1.82) is 0 Å². The van der Waals surface area contributed by atoms with E-state index in [1.807, 2.05) is 47.8 Å². The zero-order valence-electron chi connectivity index (χ0n) is 14.8. The monoisotopic (exact) mass is 385 g/mol. The molecule has 1 heterocycles. The van der Waals surface area contributed by atoms with Crippen LogP contribution >= 0.6 is 11.6 Å². The van der Waals surface area contributed by atoms with Crippen LogP contribution in [0.4, 0.5) is 0 Å². The molecule has 1 amide bonds. The lowest BCUT2D eigenvalue weighted by Gasteiger charge is -2.14. The standard InChI is InChI=1S/C21H21ClN2O3/c22-17-8-10-18(11-9-17)26-14-12-23-20(25)15-24-21(19-7-4-13-27-19)16-5-2-1-3-6-16/h1-11,13,21,24H,12,14-15H2,(H,23,25)/p+1/t21-/m1/s1. The summed E-state index contributed by atoms with van der Waals surface area (Å²) in [7, 11) is 0. The molecule has 0 saturated carbocycles. The second-order valence-electron chi connectivity index (χ2n) is 6.00. The van der Waals surface area contributed by atoms with E-state index in [0.29, 0.717) is 24.7 Å². The van der Waals surface area contributed by atoms with Crippen LogP contribution in [0, 0.1) is 0 Å². The molecular weight excluding hydrogens is 364 g/mol. The number of benzene rings is 2. The van der Waals surface area contributed by atoms with E-state index in [9.17, 15) is 4.79 Å². The van der Waals surface area contributed by atoms with Gasteiger partial charge in [0.15, 0.2) is 18.3 Å². The minimum atomic E-state index is -0.0581. The minimum absolute atomic E-state index is 0.0535. The van der Waals surface area contributed by atoms with Crippen LogP contribution < -0.4 is 15.4 Å². The quantitative estimate of drug-likeness (QED) is 0.556. The number of ether oxygens (including phenoxy) is 1. The van der Waals surface area contributed by atoms with Crippen molar-refractivity contribution in [3.8, 4) is 5.75 Å². The smallest absolute Gasteiger partial charge is 0.275 e. The predicted octanol–water partition coefficient (Wildman–Crippen LogP) is 2.78. The van der Waals surface area contributed by atoms with Gasteiger partial charge in [0.1, 0.15) is 12.4 Å². The van der Waals surface area contributed by atoms with Crippen LogP contribution in [0.2, 0.25) is 5.02 Å². The highest BCUT2D eigenvalue weighted by atomic mass is 35.5. The molecule has 0 aliphatic heterocycles. The Morgan fingerprint density at radius 2 is 1.85 bits per heavy atom. The van der Waals surface area contributed by atoms with Gasteiger partial charge in [-0.05, 0) is 36.4 Å². The van der Waals surface area contributed by atoms with Crippen molar-refractivity contribution in [3.63, 3.8) is 0 Å². The fraction of sp³-hybridized carbons (Fsp3) is 0.190. The summed E-state index contributed by atoms with van der Waals surface area (Å²) in [6, 6.07) is 20.8. The van der Waals surface area contributed by atoms with Crippen LogP contribution in [-0.4, -0.2) is 25.6 Å². The van der Waals surface area contributed by atoms with Crippen LogP contribution in [-0.2, 0) is 4.79 Å². The molecule has 0 spiro atoms. The first-order chi connectivity index (χ1) is 13.2. The Bertz CT molecular complexity index is 820. The lowest BCUT2D eigenvalue weighted by atomic mass is 10.0. The maximum Gasteiger partial charge on any atom is 0.275 e. The van der Waals surface area contributed by atoms with E-state index in [-0.39, 0.29) is 11.9 Å². The topological polar surface area (TPSA) is 68.1 Å². The number of furan rings is 1. The van der Waals surface area contributed by atoms with E-state index in [1.165, 1.54) is 0 Å². The molecule has 3 aromatic rings. The molecular formula is C21H22ClN2O3+. The molecule has 0 aliphatic carbocycles. The van der Waals surface area contributed by atoms with E-state index >= 15 is 0 Å². The first-order valence-electron chi connectivity index (χ1n) is 8.79. The molecule has 0 saturated heterocycles. The van der Waals surface area contributed by atoms with Gasteiger partial charge in [-0.25, -0.2) is 0 Å². The Kier molecular flexibility index (Phi) is 6.90. The first kappa shape index (κ1) is 19.0. The Morgan fingerprint density at radius 3 is 2.56 bits per heavy atom. The SMILES string of the molecule is O=C(C[NH2+][C@H](c1ccccc1)c1ccco1)NCCOc1ccc(Cl)cc1. The Hall–Kier alpha value is -2.76. The number of hydrogen-bond acceptors (Lipinski definition) is 3. The number of carbonyl (C=O) groups is 1. The summed E-state index contributed by atoms with van der Waals surface area (Å²) in [4.78, 5) is 12.2. The molecule has 0 fully saturated rings. The highest BCUT2D eigenvalue weighted by Gasteiger charge is 2.21. The summed E-state index contributed by atoms with van der Waals surface area (Å²) in [5.41, 5.74) is 1.09. The number of rotatable bonds is 9. The van der Waals surface area contributed by atoms with E-state index < -0.39 is 0 Å². The largest absolute Gasteiger partial charge is 0.492 e. The van der Waals surface area contributed by atoms with Crippen molar-refractivity contribution in [2.75, 3.05) is 19.7 Å². The van der Waals surface area contributed by atoms with Crippen molar-refractivity contribution >= 4 is 17.5 Å². The van der Waals surface area contributed by atoms with Gasteiger partial charge in [0, 0.05) is 10.6 Å². The zero-order chi connectivity index (χ0) is 18.9. The van der Waals surface area contributed by atoms with Gasteiger partial charge in [0.05, 0.1) is 12.8 Å². The fourth-order valence-electron chi connectivity index (χ4n) is 2.73. The van der Waals surface area contributed by atoms with Crippen molar-refractivity contribution in [2.24, 2.45) is 0 Å². The van der Waals surface area contributed by atoms with Gasteiger partial charge in [-0.2, -0.15) is 0 Å². The van der Waals surface area contributed by atoms with Gasteiger partial charge in [0.25, 0.3) is 5.91 Å². The molecule has 2 aromatic carbocycles. The molecule has 5 nitrogen and oxygen atoms in total. The number of quaternary nitrogens is 1. The maximum absolute atomic E-state index is 12.2. The summed E-state index contributed by atoms with van der Waals surface area (Å²) in [5, 5.41) is 5.49. The average Bonchev–Trinajstić information content (AvgIpc) is 3.22. The second kappa shape index (κ2) is 9.80. The van der Waals surface area contributed by atoms with E-state index in [1.54, 1.807) is 30.5 Å². The van der Waals surface area contributed by atoms with Crippen molar-refractivity contribution in [2.45, 2.75) is 6.04 Å². The number of carbonyl (C=O) groups excluding carboxylic acids is 1. The summed E-state index contributed by atoms with van der Waals surface area (Å²) in [6.45, 7) is 1.13. The lowest BCUT2D eigenvalue weighted by Crippen LogP contribution is -2.87. The molecule has 6 heteroatoms. The van der Waals surface area contributed by atoms with Crippen LogP contribution in [0.3, 0.4) is 0 Å².